The Bertz CT molecular complexity index is 854. The largest absolute Gasteiger partial charge is 0.340 e. The van der Waals surface area contributed by atoms with E-state index in [1.165, 1.54) is 0 Å². The second kappa shape index (κ2) is 5.82. The molecule has 2 bridgehead atoms. The van der Waals surface area contributed by atoms with Gasteiger partial charge in [0.05, 0.1) is 5.69 Å². The molecule has 1 aromatic carbocycles. The number of sulfone groups is 1. The number of anilines is 2. The standard InChI is InChI=1S/C17H20N4O2S/c1-24(22,23)17-20-15(14-8-13-7-11(14)10-18-13)9-16(21-17)19-12-5-3-2-4-6-12/h2-6,9,11,13-14,18H,7-8,10H2,1H3,(H,19,20,21)/t11-,13-,14?/m1/s1. The second-order valence-electron chi connectivity index (χ2n) is 6.67. The number of rotatable bonds is 4. The van der Waals surface area contributed by atoms with Crippen LogP contribution in [0.5, 0.6) is 0 Å². The number of aromatic nitrogens is 2. The predicted octanol–water partition coefficient (Wildman–Crippen LogP) is 2.09. The number of nitrogens with zero attached hydrogens (tertiary/aromatic N) is 2. The third-order valence-electron chi connectivity index (χ3n) is 4.85. The van der Waals surface area contributed by atoms with E-state index in [1.807, 2.05) is 36.4 Å². The summed E-state index contributed by atoms with van der Waals surface area (Å²) in [5.74, 6) is 1.36. The van der Waals surface area contributed by atoms with Gasteiger partial charge in [-0.05, 0) is 37.4 Å². The summed E-state index contributed by atoms with van der Waals surface area (Å²) in [7, 11) is -3.46. The Balaban J connectivity index is 1.72. The molecule has 7 heteroatoms. The molecule has 1 unspecified atom stereocenters. The van der Waals surface area contributed by atoms with Crippen molar-refractivity contribution >= 4 is 21.3 Å². The first kappa shape index (κ1) is 15.5. The van der Waals surface area contributed by atoms with Crippen LogP contribution in [0.3, 0.4) is 0 Å². The lowest BCUT2D eigenvalue weighted by atomic mass is 9.92. The van der Waals surface area contributed by atoms with Crippen molar-refractivity contribution < 1.29 is 8.42 Å². The molecule has 1 aliphatic carbocycles. The highest BCUT2D eigenvalue weighted by molar-refractivity contribution is 7.90. The summed E-state index contributed by atoms with van der Waals surface area (Å²) < 4.78 is 24.0. The number of para-hydroxylation sites is 1. The van der Waals surface area contributed by atoms with Crippen molar-refractivity contribution in [2.75, 3.05) is 18.1 Å². The van der Waals surface area contributed by atoms with Crippen LogP contribution in [0.15, 0.2) is 41.6 Å². The molecule has 2 aromatic rings. The van der Waals surface area contributed by atoms with Crippen molar-refractivity contribution in [3.05, 3.63) is 42.1 Å². The molecule has 24 heavy (non-hydrogen) atoms. The van der Waals surface area contributed by atoms with E-state index in [0.29, 0.717) is 23.7 Å². The SMILES string of the molecule is CS(=O)(=O)c1nc(Nc2ccccc2)cc(C2C[C@H]3C[C@@H]2CN3)n1. The minimum absolute atomic E-state index is 0.103. The minimum atomic E-state index is -3.46. The van der Waals surface area contributed by atoms with Crippen molar-refractivity contribution in [3.63, 3.8) is 0 Å². The zero-order valence-corrected chi connectivity index (χ0v) is 14.3. The van der Waals surface area contributed by atoms with E-state index in [1.54, 1.807) is 0 Å². The molecule has 2 N–H and O–H groups in total. The van der Waals surface area contributed by atoms with Gasteiger partial charge in [0.1, 0.15) is 5.82 Å². The van der Waals surface area contributed by atoms with Crippen molar-refractivity contribution in [2.24, 2.45) is 5.92 Å². The number of hydrogen-bond acceptors (Lipinski definition) is 6. The molecule has 0 radical (unpaired) electrons. The first-order valence-corrected chi connectivity index (χ1v) is 10.0. The van der Waals surface area contributed by atoms with Crippen LogP contribution in [0.2, 0.25) is 0 Å². The van der Waals surface area contributed by atoms with Gasteiger partial charge in [-0.15, -0.1) is 0 Å². The monoisotopic (exact) mass is 344 g/mol. The predicted molar refractivity (Wildman–Crippen MR) is 92.1 cm³/mol. The summed E-state index contributed by atoms with van der Waals surface area (Å²) in [4.78, 5) is 8.59. The van der Waals surface area contributed by atoms with Crippen LogP contribution in [-0.2, 0) is 9.84 Å². The molecule has 2 aliphatic rings. The van der Waals surface area contributed by atoms with Gasteiger partial charge in [-0.2, -0.15) is 0 Å². The van der Waals surface area contributed by atoms with E-state index < -0.39 is 9.84 Å². The fourth-order valence-corrected chi connectivity index (χ4v) is 4.27. The highest BCUT2D eigenvalue weighted by Crippen LogP contribution is 2.43. The van der Waals surface area contributed by atoms with Gasteiger partial charge >= 0.3 is 0 Å². The summed E-state index contributed by atoms with van der Waals surface area (Å²) in [6, 6.07) is 12.0. The smallest absolute Gasteiger partial charge is 0.248 e. The van der Waals surface area contributed by atoms with E-state index in [9.17, 15) is 8.42 Å². The molecular weight excluding hydrogens is 324 g/mol. The summed E-state index contributed by atoms with van der Waals surface area (Å²) in [5.41, 5.74) is 1.70. The lowest BCUT2D eigenvalue weighted by molar-refractivity contribution is 0.430. The average molecular weight is 344 g/mol. The van der Waals surface area contributed by atoms with Gasteiger partial charge in [0.15, 0.2) is 0 Å². The lowest BCUT2D eigenvalue weighted by Gasteiger charge is -2.22. The van der Waals surface area contributed by atoms with E-state index in [-0.39, 0.29) is 5.16 Å². The number of nitrogens with one attached hydrogen (secondary N) is 2. The Morgan fingerprint density at radius 2 is 1.96 bits per heavy atom. The minimum Gasteiger partial charge on any atom is -0.340 e. The van der Waals surface area contributed by atoms with Gasteiger partial charge in [-0.25, -0.2) is 18.4 Å². The maximum atomic E-state index is 12.0. The zero-order valence-electron chi connectivity index (χ0n) is 13.4. The normalized spacial score (nSPS) is 25.8. The van der Waals surface area contributed by atoms with Crippen LogP contribution < -0.4 is 10.6 Å². The topological polar surface area (TPSA) is 84.0 Å². The highest BCUT2D eigenvalue weighted by atomic mass is 32.2. The van der Waals surface area contributed by atoms with Gasteiger partial charge < -0.3 is 10.6 Å². The van der Waals surface area contributed by atoms with Crippen LogP contribution in [0.4, 0.5) is 11.5 Å². The molecule has 1 saturated heterocycles. The van der Waals surface area contributed by atoms with Crippen LogP contribution in [0.25, 0.3) is 0 Å². The fraction of sp³-hybridized carbons (Fsp3) is 0.412. The van der Waals surface area contributed by atoms with E-state index in [2.05, 4.69) is 20.6 Å². The molecular formula is C17H20N4O2S. The number of piperidine rings is 1. The molecule has 4 rings (SSSR count). The Morgan fingerprint density at radius 1 is 1.17 bits per heavy atom. The van der Waals surface area contributed by atoms with E-state index in [4.69, 9.17) is 0 Å². The average Bonchev–Trinajstić information content (AvgIpc) is 3.18. The van der Waals surface area contributed by atoms with Crippen LogP contribution >= 0.6 is 0 Å². The quantitative estimate of drug-likeness (QED) is 0.826. The Labute approximate surface area is 141 Å². The van der Waals surface area contributed by atoms with Gasteiger partial charge in [0, 0.05) is 30.0 Å². The van der Waals surface area contributed by atoms with Gasteiger partial charge in [0.25, 0.3) is 0 Å². The highest BCUT2D eigenvalue weighted by Gasteiger charge is 2.41. The molecule has 1 saturated carbocycles. The van der Waals surface area contributed by atoms with Crippen molar-refractivity contribution in [3.8, 4) is 0 Å². The maximum absolute atomic E-state index is 12.0. The molecule has 3 atom stereocenters. The molecule has 0 spiro atoms. The molecule has 2 heterocycles. The van der Waals surface area contributed by atoms with Gasteiger partial charge in [-0.1, -0.05) is 18.2 Å². The van der Waals surface area contributed by atoms with Gasteiger partial charge in [0.2, 0.25) is 15.0 Å². The molecule has 1 aromatic heterocycles. The fourth-order valence-electron chi connectivity index (χ4n) is 3.73. The Kier molecular flexibility index (Phi) is 3.77. The zero-order chi connectivity index (χ0) is 16.7. The Hall–Kier alpha value is -1.99. The molecule has 0 amide bonds. The summed E-state index contributed by atoms with van der Waals surface area (Å²) in [6.45, 7) is 0.981. The molecule has 2 fully saturated rings. The van der Waals surface area contributed by atoms with Crippen LogP contribution in [0.1, 0.15) is 24.5 Å². The maximum Gasteiger partial charge on any atom is 0.248 e. The third kappa shape index (κ3) is 3.01. The van der Waals surface area contributed by atoms with Crippen LogP contribution in [-0.4, -0.2) is 37.2 Å². The third-order valence-corrected chi connectivity index (χ3v) is 5.69. The van der Waals surface area contributed by atoms with Crippen molar-refractivity contribution in [1.29, 1.82) is 0 Å². The van der Waals surface area contributed by atoms with Crippen LogP contribution in [0, 0.1) is 5.92 Å². The summed E-state index contributed by atoms with van der Waals surface area (Å²) >= 11 is 0. The lowest BCUT2D eigenvalue weighted by Crippen LogP contribution is -2.29. The van der Waals surface area contributed by atoms with Crippen molar-refractivity contribution in [2.45, 2.75) is 30.0 Å². The summed E-state index contributed by atoms with van der Waals surface area (Å²) in [5, 5.41) is 6.57. The molecule has 1 aliphatic heterocycles. The summed E-state index contributed by atoms with van der Waals surface area (Å²) in [6.07, 6.45) is 3.31. The number of benzene rings is 1. The number of hydrogen-bond donors (Lipinski definition) is 2. The molecule has 6 nitrogen and oxygen atoms in total. The number of fused-ring (bicyclic) bond motifs is 2. The molecule has 126 valence electrons. The van der Waals surface area contributed by atoms with E-state index in [0.717, 1.165) is 37.0 Å². The van der Waals surface area contributed by atoms with Crippen molar-refractivity contribution in [1.82, 2.24) is 15.3 Å². The Morgan fingerprint density at radius 3 is 2.58 bits per heavy atom. The first-order valence-electron chi connectivity index (χ1n) is 8.13. The van der Waals surface area contributed by atoms with Gasteiger partial charge in [-0.3, -0.25) is 0 Å². The first-order chi connectivity index (χ1) is 11.5. The van der Waals surface area contributed by atoms with E-state index >= 15 is 0 Å². The second-order valence-corrected chi connectivity index (χ2v) is 8.58.